The molecule has 2 unspecified atom stereocenters. The lowest BCUT2D eigenvalue weighted by Gasteiger charge is -2.22. The van der Waals surface area contributed by atoms with E-state index >= 15 is 0 Å². The molecular weight excluding hydrogens is 403 g/mol. The third-order valence-corrected chi connectivity index (χ3v) is 6.73. The molecule has 1 aromatic heterocycles. The average molecular weight is 426 g/mol. The Bertz CT molecular complexity index is 1300. The Kier molecular flexibility index (Phi) is 4.54. The van der Waals surface area contributed by atoms with Crippen LogP contribution in [0.15, 0.2) is 79.0 Å². The lowest BCUT2D eigenvalue weighted by Crippen LogP contribution is -2.32. The van der Waals surface area contributed by atoms with Gasteiger partial charge in [-0.25, -0.2) is 9.07 Å². The highest BCUT2D eigenvalue weighted by Crippen LogP contribution is 2.38. The molecule has 32 heavy (non-hydrogen) atoms. The van der Waals surface area contributed by atoms with E-state index in [-0.39, 0.29) is 17.6 Å². The van der Waals surface area contributed by atoms with E-state index in [0.717, 1.165) is 36.2 Å². The number of aromatic nitrogens is 2. The molecule has 6 heteroatoms. The molecule has 2 aliphatic heterocycles. The first-order valence-corrected chi connectivity index (χ1v) is 11.0. The van der Waals surface area contributed by atoms with Crippen molar-refractivity contribution in [1.29, 1.82) is 0 Å². The summed E-state index contributed by atoms with van der Waals surface area (Å²) in [7, 11) is 0. The van der Waals surface area contributed by atoms with E-state index in [1.165, 1.54) is 11.6 Å². The zero-order valence-corrected chi connectivity index (χ0v) is 17.6. The SMILES string of the molecule is O=C1C2CN(Cc3ccccc3)CC2CN1c1cccc2c1cnn2-c1ccccc1F. The van der Waals surface area contributed by atoms with Gasteiger partial charge >= 0.3 is 0 Å². The molecule has 6 rings (SSSR count). The van der Waals surface area contributed by atoms with Gasteiger partial charge in [0, 0.05) is 37.5 Å². The molecule has 0 spiro atoms. The zero-order chi connectivity index (χ0) is 21.7. The number of carbonyl (C=O) groups is 1. The Hall–Kier alpha value is -3.51. The number of para-hydroxylation sites is 1. The smallest absolute Gasteiger partial charge is 0.231 e. The monoisotopic (exact) mass is 426 g/mol. The molecular formula is C26H23FN4O. The van der Waals surface area contributed by atoms with E-state index in [2.05, 4.69) is 34.3 Å². The van der Waals surface area contributed by atoms with Gasteiger partial charge in [-0.15, -0.1) is 0 Å². The van der Waals surface area contributed by atoms with Crippen molar-refractivity contribution in [3.05, 3.63) is 90.4 Å². The van der Waals surface area contributed by atoms with E-state index in [4.69, 9.17) is 0 Å². The Balaban J connectivity index is 1.27. The minimum absolute atomic E-state index is 0.0237. The lowest BCUT2D eigenvalue weighted by molar-refractivity contribution is -0.120. The van der Waals surface area contributed by atoms with Crippen LogP contribution < -0.4 is 4.90 Å². The molecule has 5 nitrogen and oxygen atoms in total. The van der Waals surface area contributed by atoms with E-state index in [1.54, 1.807) is 29.1 Å². The number of benzene rings is 3. The van der Waals surface area contributed by atoms with Crippen LogP contribution in [0.25, 0.3) is 16.6 Å². The summed E-state index contributed by atoms with van der Waals surface area (Å²) in [5.41, 5.74) is 3.34. The second kappa shape index (κ2) is 7.57. The normalized spacial score (nSPS) is 20.9. The second-order valence-corrected chi connectivity index (χ2v) is 8.71. The number of halogens is 1. The van der Waals surface area contributed by atoms with Gasteiger partial charge in [0.1, 0.15) is 11.5 Å². The van der Waals surface area contributed by atoms with Crippen LogP contribution in [0, 0.1) is 17.7 Å². The molecule has 4 aromatic rings. The molecule has 3 heterocycles. The topological polar surface area (TPSA) is 41.4 Å². The number of hydrogen-bond acceptors (Lipinski definition) is 3. The maximum atomic E-state index is 14.4. The Morgan fingerprint density at radius 2 is 1.66 bits per heavy atom. The van der Waals surface area contributed by atoms with Crippen molar-refractivity contribution in [2.24, 2.45) is 11.8 Å². The molecule has 0 N–H and O–H groups in total. The predicted octanol–water partition coefficient (Wildman–Crippen LogP) is 4.26. The van der Waals surface area contributed by atoms with Crippen molar-refractivity contribution < 1.29 is 9.18 Å². The number of rotatable bonds is 4. The number of fused-ring (bicyclic) bond motifs is 2. The molecule has 0 bridgehead atoms. The summed E-state index contributed by atoms with van der Waals surface area (Å²) in [6.07, 6.45) is 1.74. The summed E-state index contributed by atoms with van der Waals surface area (Å²) in [4.78, 5) is 17.7. The fraction of sp³-hybridized carbons (Fsp3) is 0.231. The van der Waals surface area contributed by atoms with Crippen LogP contribution in [-0.4, -0.2) is 40.2 Å². The highest BCUT2D eigenvalue weighted by Gasteiger charge is 2.46. The van der Waals surface area contributed by atoms with Gasteiger partial charge in [0.2, 0.25) is 5.91 Å². The summed E-state index contributed by atoms with van der Waals surface area (Å²) < 4.78 is 16.0. The molecule has 0 radical (unpaired) electrons. The van der Waals surface area contributed by atoms with Gasteiger partial charge in [-0.3, -0.25) is 9.69 Å². The number of likely N-dealkylation sites (tertiary alicyclic amines) is 1. The molecule has 3 aromatic carbocycles. The van der Waals surface area contributed by atoms with Gasteiger partial charge in [0.15, 0.2) is 0 Å². The third kappa shape index (κ3) is 3.10. The molecule has 2 aliphatic rings. The fourth-order valence-corrected chi connectivity index (χ4v) is 5.22. The van der Waals surface area contributed by atoms with E-state index in [9.17, 15) is 9.18 Å². The van der Waals surface area contributed by atoms with Crippen LogP contribution in [0.1, 0.15) is 5.56 Å². The summed E-state index contributed by atoms with van der Waals surface area (Å²) in [6, 6.07) is 22.8. The van der Waals surface area contributed by atoms with Crippen LogP contribution in [0.5, 0.6) is 0 Å². The predicted molar refractivity (Wildman–Crippen MR) is 122 cm³/mol. The van der Waals surface area contributed by atoms with Crippen molar-refractivity contribution >= 4 is 22.5 Å². The molecule has 2 saturated heterocycles. The Morgan fingerprint density at radius 3 is 2.47 bits per heavy atom. The molecule has 160 valence electrons. The highest BCUT2D eigenvalue weighted by molar-refractivity contribution is 6.05. The van der Waals surface area contributed by atoms with Crippen molar-refractivity contribution in [1.82, 2.24) is 14.7 Å². The first kappa shape index (κ1) is 19.2. The summed E-state index contributed by atoms with van der Waals surface area (Å²) >= 11 is 0. The zero-order valence-electron chi connectivity index (χ0n) is 17.6. The number of hydrogen-bond donors (Lipinski definition) is 0. The van der Waals surface area contributed by atoms with Crippen molar-refractivity contribution in [2.45, 2.75) is 6.54 Å². The number of anilines is 1. The van der Waals surface area contributed by atoms with Gasteiger partial charge in [-0.2, -0.15) is 5.10 Å². The Labute approximate surface area is 185 Å². The second-order valence-electron chi connectivity index (χ2n) is 8.71. The molecule has 0 aliphatic carbocycles. The van der Waals surface area contributed by atoms with Gasteiger partial charge in [-0.05, 0) is 29.8 Å². The highest BCUT2D eigenvalue weighted by atomic mass is 19.1. The summed E-state index contributed by atoms with van der Waals surface area (Å²) in [5, 5.41) is 5.31. The van der Waals surface area contributed by atoms with Gasteiger partial charge < -0.3 is 4.90 Å². The minimum atomic E-state index is -0.326. The summed E-state index contributed by atoms with van der Waals surface area (Å²) in [5.74, 6) is 0.198. The maximum absolute atomic E-state index is 14.4. The lowest BCUT2D eigenvalue weighted by atomic mass is 10.0. The number of amides is 1. The van der Waals surface area contributed by atoms with Crippen LogP contribution in [0.4, 0.5) is 10.1 Å². The first-order chi connectivity index (χ1) is 15.7. The fourth-order valence-electron chi connectivity index (χ4n) is 5.22. The van der Waals surface area contributed by atoms with Crippen molar-refractivity contribution in [2.75, 3.05) is 24.5 Å². The standard InChI is InChI=1S/C26H23FN4O/c27-22-9-4-5-10-25(22)31-24-12-6-11-23(20(24)13-28-31)30-16-19-15-29(17-21(19)26(30)32)14-18-7-2-1-3-8-18/h1-13,19,21H,14-17H2. The maximum Gasteiger partial charge on any atom is 0.231 e. The van der Waals surface area contributed by atoms with Gasteiger partial charge in [0.05, 0.1) is 23.3 Å². The summed E-state index contributed by atoms with van der Waals surface area (Å²) in [6.45, 7) is 3.30. The van der Waals surface area contributed by atoms with Gasteiger partial charge in [-0.1, -0.05) is 48.5 Å². The van der Waals surface area contributed by atoms with Gasteiger partial charge in [0.25, 0.3) is 0 Å². The Morgan fingerprint density at radius 1 is 0.875 bits per heavy atom. The van der Waals surface area contributed by atoms with Crippen molar-refractivity contribution in [3.63, 3.8) is 0 Å². The average Bonchev–Trinajstić information content (AvgIpc) is 3.49. The number of carbonyl (C=O) groups excluding carboxylic acids is 1. The van der Waals surface area contributed by atoms with Crippen LogP contribution >= 0.6 is 0 Å². The number of nitrogens with zero attached hydrogens (tertiary/aromatic N) is 4. The first-order valence-electron chi connectivity index (χ1n) is 11.0. The molecule has 1 amide bonds. The van der Waals surface area contributed by atoms with Crippen LogP contribution in [0.2, 0.25) is 0 Å². The minimum Gasteiger partial charge on any atom is -0.311 e. The molecule has 0 saturated carbocycles. The van der Waals surface area contributed by atoms with E-state index < -0.39 is 0 Å². The van der Waals surface area contributed by atoms with E-state index in [0.29, 0.717) is 18.2 Å². The largest absolute Gasteiger partial charge is 0.311 e. The van der Waals surface area contributed by atoms with E-state index in [1.807, 2.05) is 29.2 Å². The molecule has 2 fully saturated rings. The third-order valence-electron chi connectivity index (χ3n) is 6.73. The molecule has 2 atom stereocenters. The quantitative estimate of drug-likeness (QED) is 0.490. The van der Waals surface area contributed by atoms with Crippen molar-refractivity contribution in [3.8, 4) is 5.69 Å². The van der Waals surface area contributed by atoms with Crippen LogP contribution in [-0.2, 0) is 11.3 Å². The van der Waals surface area contributed by atoms with Crippen LogP contribution in [0.3, 0.4) is 0 Å².